The van der Waals surface area contributed by atoms with Crippen molar-refractivity contribution in [3.05, 3.63) is 29.8 Å². The highest BCUT2D eigenvalue weighted by atomic mass is 16.4. The monoisotopic (exact) mass is 452 g/mol. The van der Waals surface area contributed by atoms with E-state index in [0.717, 1.165) is 0 Å². The molecular weight excluding hydrogens is 424 g/mol. The van der Waals surface area contributed by atoms with Crippen LogP contribution in [0.4, 0.5) is 0 Å². The Morgan fingerprint density at radius 3 is 2.06 bits per heavy atom. The van der Waals surface area contributed by atoms with Crippen molar-refractivity contribution in [2.75, 3.05) is 6.54 Å². The number of phenols is 1. The largest absolute Gasteiger partial charge is 0.508 e. The SMILES string of the molecule is CC(C)C(NC(=O)CNC(=O)C(N)Cc1ccc(O)cc1)C(=O)NC(CC(=O)O)C(=O)O. The second kappa shape index (κ2) is 12.2. The lowest BCUT2D eigenvalue weighted by Gasteiger charge is -2.23. The van der Waals surface area contributed by atoms with Gasteiger partial charge in [-0.25, -0.2) is 4.79 Å². The van der Waals surface area contributed by atoms with Gasteiger partial charge in [-0.15, -0.1) is 0 Å². The number of carbonyl (C=O) groups is 5. The van der Waals surface area contributed by atoms with Gasteiger partial charge in [-0.3, -0.25) is 19.2 Å². The van der Waals surface area contributed by atoms with E-state index in [1.807, 2.05) is 0 Å². The molecule has 0 heterocycles. The van der Waals surface area contributed by atoms with Crippen LogP contribution in [0.5, 0.6) is 5.75 Å². The molecule has 0 aliphatic heterocycles. The molecule has 0 saturated carbocycles. The summed E-state index contributed by atoms with van der Waals surface area (Å²) in [6.07, 6.45) is -0.653. The number of amides is 3. The van der Waals surface area contributed by atoms with Gasteiger partial charge in [-0.05, 0) is 30.0 Å². The second-order valence-corrected chi connectivity index (χ2v) is 7.48. The molecule has 0 aliphatic rings. The highest BCUT2D eigenvalue weighted by Gasteiger charge is 2.30. The van der Waals surface area contributed by atoms with Gasteiger partial charge in [0.15, 0.2) is 0 Å². The Hall–Kier alpha value is -3.67. The first-order valence-electron chi connectivity index (χ1n) is 9.76. The van der Waals surface area contributed by atoms with Crippen molar-refractivity contribution in [3.63, 3.8) is 0 Å². The van der Waals surface area contributed by atoms with Crippen LogP contribution in [-0.2, 0) is 30.4 Å². The number of benzene rings is 1. The zero-order valence-corrected chi connectivity index (χ0v) is 17.7. The highest BCUT2D eigenvalue weighted by Crippen LogP contribution is 2.11. The molecular formula is C20H28N4O8. The van der Waals surface area contributed by atoms with E-state index in [4.69, 9.17) is 15.9 Å². The molecule has 8 N–H and O–H groups in total. The van der Waals surface area contributed by atoms with Gasteiger partial charge in [0.1, 0.15) is 17.8 Å². The maximum Gasteiger partial charge on any atom is 0.326 e. The second-order valence-electron chi connectivity index (χ2n) is 7.48. The summed E-state index contributed by atoms with van der Waals surface area (Å²) in [6.45, 7) is 2.73. The molecule has 176 valence electrons. The molecule has 3 atom stereocenters. The van der Waals surface area contributed by atoms with E-state index in [9.17, 15) is 29.1 Å². The molecule has 0 radical (unpaired) electrons. The fraction of sp³-hybridized carbons (Fsp3) is 0.450. The number of nitrogens with two attached hydrogens (primary N) is 1. The van der Waals surface area contributed by atoms with Crippen LogP contribution < -0.4 is 21.7 Å². The molecule has 3 unspecified atom stereocenters. The zero-order valence-electron chi connectivity index (χ0n) is 17.7. The highest BCUT2D eigenvalue weighted by molar-refractivity contribution is 5.93. The third-order valence-electron chi connectivity index (χ3n) is 4.41. The Kier molecular flexibility index (Phi) is 10.1. The van der Waals surface area contributed by atoms with Crippen molar-refractivity contribution < 1.29 is 39.3 Å². The van der Waals surface area contributed by atoms with Gasteiger partial charge >= 0.3 is 11.9 Å². The topological polar surface area (TPSA) is 208 Å². The predicted octanol–water partition coefficient (Wildman–Crippen LogP) is -1.44. The minimum absolute atomic E-state index is 0.0739. The van der Waals surface area contributed by atoms with Gasteiger partial charge in [-0.1, -0.05) is 26.0 Å². The lowest BCUT2D eigenvalue weighted by molar-refractivity contribution is -0.147. The predicted molar refractivity (Wildman–Crippen MR) is 111 cm³/mol. The number of carbonyl (C=O) groups excluding carboxylic acids is 3. The molecule has 12 nitrogen and oxygen atoms in total. The lowest BCUT2D eigenvalue weighted by atomic mass is 10.0. The van der Waals surface area contributed by atoms with Crippen molar-refractivity contribution in [2.45, 2.75) is 44.8 Å². The summed E-state index contributed by atoms with van der Waals surface area (Å²) >= 11 is 0. The van der Waals surface area contributed by atoms with Crippen molar-refractivity contribution in [1.29, 1.82) is 0 Å². The molecule has 1 aromatic rings. The molecule has 1 rings (SSSR count). The summed E-state index contributed by atoms with van der Waals surface area (Å²) in [5, 5.41) is 33.9. The quantitative estimate of drug-likeness (QED) is 0.198. The Bertz CT molecular complexity index is 841. The summed E-state index contributed by atoms with van der Waals surface area (Å²) in [5.41, 5.74) is 6.53. The molecule has 0 aliphatic carbocycles. The summed E-state index contributed by atoms with van der Waals surface area (Å²) < 4.78 is 0. The molecule has 0 bridgehead atoms. The van der Waals surface area contributed by atoms with Crippen LogP contribution >= 0.6 is 0 Å². The number of carboxylic acids is 2. The van der Waals surface area contributed by atoms with Crippen LogP contribution in [0.15, 0.2) is 24.3 Å². The third kappa shape index (κ3) is 9.00. The molecule has 32 heavy (non-hydrogen) atoms. The molecule has 0 aromatic heterocycles. The first kappa shape index (κ1) is 26.4. The number of aromatic hydroxyl groups is 1. The number of carboxylic acid groups (broad SMARTS) is 2. The standard InChI is InChI=1S/C20H28N4O8/c1-10(2)17(19(30)23-14(20(31)32)8-16(27)28)24-15(26)9-22-18(29)13(21)7-11-3-5-12(25)6-4-11/h3-6,10,13-14,17,25H,7-9,21H2,1-2H3,(H,22,29)(H,23,30)(H,24,26)(H,27,28)(H,31,32). The van der Waals surface area contributed by atoms with Crippen LogP contribution in [0.25, 0.3) is 0 Å². The number of aliphatic carboxylic acids is 2. The average Bonchev–Trinajstić information content (AvgIpc) is 2.70. The maximum absolute atomic E-state index is 12.4. The van der Waals surface area contributed by atoms with Crippen LogP contribution in [0.3, 0.4) is 0 Å². The molecule has 0 saturated heterocycles. The normalized spacial score (nSPS) is 13.5. The van der Waals surface area contributed by atoms with E-state index in [2.05, 4.69) is 16.0 Å². The van der Waals surface area contributed by atoms with Gasteiger partial charge in [0, 0.05) is 0 Å². The Morgan fingerprint density at radius 1 is 0.969 bits per heavy atom. The first-order valence-corrected chi connectivity index (χ1v) is 9.76. The maximum atomic E-state index is 12.4. The number of nitrogens with one attached hydrogen (secondary N) is 3. The van der Waals surface area contributed by atoms with E-state index in [0.29, 0.717) is 5.56 Å². The van der Waals surface area contributed by atoms with E-state index in [1.165, 1.54) is 12.1 Å². The van der Waals surface area contributed by atoms with Gasteiger partial charge in [-0.2, -0.15) is 0 Å². The Balaban J connectivity index is 2.61. The van der Waals surface area contributed by atoms with Gasteiger partial charge in [0.25, 0.3) is 0 Å². The van der Waals surface area contributed by atoms with Crippen LogP contribution in [-0.4, -0.2) is 69.7 Å². The summed E-state index contributed by atoms with van der Waals surface area (Å²) in [7, 11) is 0. The number of hydrogen-bond donors (Lipinski definition) is 7. The van der Waals surface area contributed by atoms with Crippen LogP contribution in [0.2, 0.25) is 0 Å². The van der Waals surface area contributed by atoms with Crippen molar-refractivity contribution in [1.82, 2.24) is 16.0 Å². The number of phenolic OH excluding ortho intramolecular Hbond substituents is 1. The number of rotatable bonds is 12. The minimum atomic E-state index is -1.66. The van der Waals surface area contributed by atoms with Crippen LogP contribution in [0.1, 0.15) is 25.8 Å². The van der Waals surface area contributed by atoms with Gasteiger partial charge < -0.3 is 37.0 Å². The average molecular weight is 452 g/mol. The van der Waals surface area contributed by atoms with E-state index in [-0.39, 0.29) is 12.2 Å². The van der Waals surface area contributed by atoms with Gasteiger partial charge in [0.05, 0.1) is 19.0 Å². The minimum Gasteiger partial charge on any atom is -0.508 e. The molecule has 1 aromatic carbocycles. The van der Waals surface area contributed by atoms with Crippen molar-refractivity contribution in [3.8, 4) is 5.75 Å². The zero-order chi connectivity index (χ0) is 24.4. The third-order valence-corrected chi connectivity index (χ3v) is 4.41. The summed E-state index contributed by atoms with van der Waals surface area (Å²) in [5.74, 6) is -5.49. The smallest absolute Gasteiger partial charge is 0.326 e. The van der Waals surface area contributed by atoms with Crippen molar-refractivity contribution >= 4 is 29.7 Å². The molecule has 12 heteroatoms. The van der Waals surface area contributed by atoms with Crippen molar-refractivity contribution in [2.24, 2.45) is 11.7 Å². The number of hydrogen-bond acceptors (Lipinski definition) is 7. The summed E-state index contributed by atoms with van der Waals surface area (Å²) in [6, 6.07) is 2.36. The Labute approximate surface area is 184 Å². The van der Waals surface area contributed by atoms with E-state index >= 15 is 0 Å². The van der Waals surface area contributed by atoms with E-state index in [1.54, 1.807) is 26.0 Å². The molecule has 0 spiro atoms. The molecule has 0 fully saturated rings. The van der Waals surface area contributed by atoms with Gasteiger partial charge in [0.2, 0.25) is 17.7 Å². The van der Waals surface area contributed by atoms with E-state index < -0.39 is 66.7 Å². The summed E-state index contributed by atoms with van der Waals surface area (Å²) in [4.78, 5) is 58.6. The fourth-order valence-corrected chi connectivity index (χ4v) is 2.67. The Morgan fingerprint density at radius 2 is 1.56 bits per heavy atom. The lowest BCUT2D eigenvalue weighted by Crippen LogP contribution is -2.55. The van der Waals surface area contributed by atoms with Crippen LogP contribution in [0, 0.1) is 5.92 Å². The first-order chi connectivity index (χ1) is 14.9. The molecule has 3 amide bonds. The fourth-order valence-electron chi connectivity index (χ4n) is 2.67.